The fourth-order valence-electron chi connectivity index (χ4n) is 1.26. The van der Waals surface area contributed by atoms with Crippen molar-refractivity contribution in [2.24, 2.45) is 0 Å². The van der Waals surface area contributed by atoms with Crippen molar-refractivity contribution >= 4 is 28.7 Å². The molecule has 0 atom stereocenters. The van der Waals surface area contributed by atoms with Crippen molar-refractivity contribution in [3.63, 3.8) is 0 Å². The van der Waals surface area contributed by atoms with Crippen LogP contribution in [0.1, 0.15) is 21.1 Å². The van der Waals surface area contributed by atoms with Gasteiger partial charge in [-0.3, -0.25) is 4.79 Å². The maximum absolute atomic E-state index is 11.8. The summed E-state index contributed by atoms with van der Waals surface area (Å²) in [6.07, 6.45) is 1.81. The number of pyridine rings is 1. The van der Waals surface area contributed by atoms with Crippen molar-refractivity contribution in [3.8, 4) is 0 Å². The maximum Gasteiger partial charge on any atom is 0.171 e. The Morgan fingerprint density at radius 1 is 1.50 bits per heavy atom. The second-order valence-corrected chi connectivity index (χ2v) is 4.68. The van der Waals surface area contributed by atoms with Gasteiger partial charge in [-0.1, -0.05) is 11.6 Å². The van der Waals surface area contributed by atoms with E-state index >= 15 is 0 Å². The molecule has 0 radical (unpaired) electrons. The van der Waals surface area contributed by atoms with Gasteiger partial charge in [0.25, 0.3) is 0 Å². The van der Waals surface area contributed by atoms with Gasteiger partial charge < -0.3 is 0 Å². The van der Waals surface area contributed by atoms with E-state index in [9.17, 15) is 4.79 Å². The zero-order chi connectivity index (χ0) is 11.5. The molecule has 2 rings (SSSR count). The SMILES string of the molecule is Cc1csc(CC(=O)c2ccc(Cl)nc2)n1. The van der Waals surface area contributed by atoms with Crippen LogP contribution in [0.2, 0.25) is 5.15 Å². The van der Waals surface area contributed by atoms with Crippen LogP contribution in [0.25, 0.3) is 0 Å². The van der Waals surface area contributed by atoms with Gasteiger partial charge in [-0.25, -0.2) is 9.97 Å². The highest BCUT2D eigenvalue weighted by atomic mass is 35.5. The Kier molecular flexibility index (Phi) is 3.31. The lowest BCUT2D eigenvalue weighted by atomic mass is 10.1. The summed E-state index contributed by atoms with van der Waals surface area (Å²) in [6.45, 7) is 1.91. The lowest BCUT2D eigenvalue weighted by Crippen LogP contribution is -2.03. The average molecular weight is 253 g/mol. The quantitative estimate of drug-likeness (QED) is 0.623. The van der Waals surface area contributed by atoms with Crippen molar-refractivity contribution < 1.29 is 4.79 Å². The number of halogens is 1. The second kappa shape index (κ2) is 4.72. The van der Waals surface area contributed by atoms with Crippen LogP contribution in [0.5, 0.6) is 0 Å². The van der Waals surface area contributed by atoms with E-state index < -0.39 is 0 Å². The predicted octanol–water partition coefficient (Wildman–Crippen LogP) is 2.93. The lowest BCUT2D eigenvalue weighted by Gasteiger charge is -1.97. The van der Waals surface area contributed by atoms with E-state index in [-0.39, 0.29) is 5.78 Å². The number of aryl methyl sites for hydroxylation is 1. The maximum atomic E-state index is 11.8. The summed E-state index contributed by atoms with van der Waals surface area (Å²) >= 11 is 7.14. The number of carbonyl (C=O) groups excluding carboxylic acids is 1. The average Bonchev–Trinajstić information content (AvgIpc) is 2.65. The molecule has 2 aromatic heterocycles. The van der Waals surface area contributed by atoms with Crippen LogP contribution in [-0.2, 0) is 6.42 Å². The fraction of sp³-hybridized carbons (Fsp3) is 0.182. The van der Waals surface area contributed by atoms with Crippen LogP contribution in [0, 0.1) is 6.92 Å². The number of Topliss-reactive ketones (excluding diaryl/α,β-unsaturated/α-hetero) is 1. The minimum atomic E-state index is 0.0125. The first-order valence-corrected chi connectivity index (χ1v) is 5.96. The van der Waals surface area contributed by atoms with Crippen molar-refractivity contribution in [3.05, 3.63) is 45.1 Å². The largest absolute Gasteiger partial charge is 0.294 e. The third-order valence-electron chi connectivity index (χ3n) is 2.03. The molecule has 0 aliphatic carbocycles. The van der Waals surface area contributed by atoms with E-state index in [1.54, 1.807) is 12.1 Å². The van der Waals surface area contributed by atoms with Crippen LogP contribution >= 0.6 is 22.9 Å². The Morgan fingerprint density at radius 3 is 2.88 bits per heavy atom. The topological polar surface area (TPSA) is 42.9 Å². The molecule has 0 saturated carbocycles. The third kappa shape index (κ3) is 2.65. The lowest BCUT2D eigenvalue weighted by molar-refractivity contribution is 0.0992. The molecule has 0 N–H and O–H groups in total. The fourth-order valence-corrected chi connectivity index (χ4v) is 2.15. The monoisotopic (exact) mass is 252 g/mol. The van der Waals surface area contributed by atoms with E-state index in [0.29, 0.717) is 17.1 Å². The smallest absolute Gasteiger partial charge is 0.171 e. The third-order valence-corrected chi connectivity index (χ3v) is 3.22. The Labute approximate surface area is 102 Å². The van der Waals surface area contributed by atoms with Gasteiger partial charge in [0.15, 0.2) is 5.78 Å². The van der Waals surface area contributed by atoms with Gasteiger partial charge in [0.2, 0.25) is 0 Å². The number of hydrogen-bond donors (Lipinski definition) is 0. The van der Waals surface area contributed by atoms with Gasteiger partial charge in [0, 0.05) is 22.8 Å². The van der Waals surface area contributed by atoms with E-state index in [1.165, 1.54) is 17.5 Å². The molecule has 0 aliphatic heterocycles. The minimum Gasteiger partial charge on any atom is -0.294 e. The summed E-state index contributed by atoms with van der Waals surface area (Å²) in [5, 5.41) is 3.15. The number of carbonyl (C=O) groups is 1. The zero-order valence-electron chi connectivity index (χ0n) is 8.61. The predicted molar refractivity (Wildman–Crippen MR) is 64.1 cm³/mol. The summed E-state index contributed by atoms with van der Waals surface area (Å²) < 4.78 is 0. The molecular weight excluding hydrogens is 244 g/mol. The highest BCUT2D eigenvalue weighted by Crippen LogP contribution is 2.13. The highest BCUT2D eigenvalue weighted by Gasteiger charge is 2.09. The number of aromatic nitrogens is 2. The standard InChI is InChI=1S/C11H9ClN2OS/c1-7-6-16-11(14-7)4-9(15)8-2-3-10(12)13-5-8/h2-3,5-6H,4H2,1H3. The molecule has 2 aromatic rings. The van der Waals surface area contributed by atoms with E-state index in [4.69, 9.17) is 11.6 Å². The molecule has 5 heteroatoms. The molecule has 0 unspecified atom stereocenters. The van der Waals surface area contributed by atoms with Gasteiger partial charge in [-0.05, 0) is 19.1 Å². The zero-order valence-corrected chi connectivity index (χ0v) is 10.2. The molecule has 0 amide bonds. The first-order valence-electron chi connectivity index (χ1n) is 4.71. The van der Waals surface area contributed by atoms with Crippen molar-refractivity contribution in [2.45, 2.75) is 13.3 Å². The van der Waals surface area contributed by atoms with Crippen LogP contribution in [-0.4, -0.2) is 15.8 Å². The first-order chi connectivity index (χ1) is 7.65. The molecule has 0 aromatic carbocycles. The number of hydrogen-bond acceptors (Lipinski definition) is 4. The number of rotatable bonds is 3. The Morgan fingerprint density at radius 2 is 2.31 bits per heavy atom. The van der Waals surface area contributed by atoms with Crippen LogP contribution in [0.15, 0.2) is 23.7 Å². The molecule has 0 aliphatic rings. The van der Waals surface area contributed by atoms with Gasteiger partial charge in [-0.2, -0.15) is 0 Å². The second-order valence-electron chi connectivity index (χ2n) is 3.35. The highest BCUT2D eigenvalue weighted by molar-refractivity contribution is 7.09. The summed E-state index contributed by atoms with van der Waals surface area (Å²) in [6, 6.07) is 3.29. The Bertz CT molecular complexity index is 507. The number of nitrogens with zero attached hydrogens (tertiary/aromatic N) is 2. The van der Waals surface area contributed by atoms with E-state index in [2.05, 4.69) is 9.97 Å². The molecule has 0 bridgehead atoms. The van der Waals surface area contributed by atoms with E-state index in [1.807, 2.05) is 12.3 Å². The minimum absolute atomic E-state index is 0.0125. The summed E-state index contributed by atoms with van der Waals surface area (Å²) in [4.78, 5) is 19.9. The van der Waals surface area contributed by atoms with Gasteiger partial charge >= 0.3 is 0 Å². The van der Waals surface area contributed by atoms with Gasteiger partial charge in [0.05, 0.1) is 6.42 Å². The van der Waals surface area contributed by atoms with Gasteiger partial charge in [0.1, 0.15) is 10.2 Å². The van der Waals surface area contributed by atoms with Crippen LogP contribution in [0.3, 0.4) is 0 Å². The molecule has 3 nitrogen and oxygen atoms in total. The van der Waals surface area contributed by atoms with Gasteiger partial charge in [-0.15, -0.1) is 11.3 Å². The Hall–Kier alpha value is -1.26. The molecular formula is C11H9ClN2OS. The molecule has 82 valence electrons. The number of ketones is 1. The normalized spacial score (nSPS) is 10.4. The molecule has 2 heterocycles. The van der Waals surface area contributed by atoms with Crippen molar-refractivity contribution in [1.82, 2.24) is 9.97 Å². The van der Waals surface area contributed by atoms with E-state index in [0.717, 1.165) is 10.7 Å². The molecule has 0 fully saturated rings. The van der Waals surface area contributed by atoms with Crippen molar-refractivity contribution in [2.75, 3.05) is 0 Å². The summed E-state index contributed by atoms with van der Waals surface area (Å²) in [5.74, 6) is 0.0125. The summed E-state index contributed by atoms with van der Waals surface area (Å²) in [7, 11) is 0. The molecule has 16 heavy (non-hydrogen) atoms. The molecule has 0 spiro atoms. The Balaban J connectivity index is 2.11. The van der Waals surface area contributed by atoms with Crippen LogP contribution < -0.4 is 0 Å². The van der Waals surface area contributed by atoms with Crippen molar-refractivity contribution in [1.29, 1.82) is 0 Å². The summed E-state index contributed by atoms with van der Waals surface area (Å²) in [5.41, 5.74) is 1.51. The number of thiazole rings is 1. The van der Waals surface area contributed by atoms with Crippen LogP contribution in [0.4, 0.5) is 0 Å². The first kappa shape index (κ1) is 11.2. The molecule has 0 saturated heterocycles.